The summed E-state index contributed by atoms with van der Waals surface area (Å²) in [6.07, 6.45) is 3.74. The number of unbranched alkanes of at least 4 members (excludes halogenated alkanes) is 2. The standard InChI is InChI=1S/C50H53FN8O5S2/c1-4-6-23-58(43(60)26-34-13-9-8-10-14-34)49-54-52-44(65-49)37-20-17-35(18-21-37)27-56-29-38(30-56)47(62)64-48(63)39-31-57(32-39)28-36-19-22-40(33(3)25-36)45-53-55-50(66-45)59(24-7-5-2)46(61)41-15-11-12-16-42(41)51/h8-22,25,38-39H,4-7,23-24,26-32H2,1-3H3. The molecular formula is C50H53FN8O5S2. The summed E-state index contributed by atoms with van der Waals surface area (Å²) in [5.74, 6) is -2.65. The molecule has 13 nitrogen and oxygen atoms in total. The van der Waals surface area contributed by atoms with E-state index in [-0.39, 0.29) is 23.3 Å². The molecule has 0 unspecified atom stereocenters. The van der Waals surface area contributed by atoms with Crippen molar-refractivity contribution in [2.45, 2.75) is 66.0 Å². The summed E-state index contributed by atoms with van der Waals surface area (Å²) >= 11 is 2.71. The van der Waals surface area contributed by atoms with Crippen LogP contribution in [0.15, 0.2) is 97.1 Å². The maximum atomic E-state index is 14.5. The third-order valence-corrected chi connectivity index (χ3v) is 13.9. The van der Waals surface area contributed by atoms with Crippen molar-refractivity contribution in [1.82, 2.24) is 30.2 Å². The monoisotopic (exact) mass is 928 g/mol. The average Bonchev–Trinajstić information content (AvgIpc) is 3.98. The lowest BCUT2D eigenvalue weighted by atomic mass is 9.97. The normalized spacial score (nSPS) is 14.4. The Labute approximate surface area is 392 Å². The lowest BCUT2D eigenvalue weighted by Crippen LogP contribution is -2.53. The van der Waals surface area contributed by atoms with E-state index in [4.69, 9.17) is 4.74 Å². The highest BCUT2D eigenvalue weighted by molar-refractivity contribution is 7.19. The molecule has 4 aromatic carbocycles. The van der Waals surface area contributed by atoms with E-state index in [1.54, 1.807) is 17.0 Å². The summed E-state index contributed by atoms with van der Waals surface area (Å²) in [7, 11) is 0. The minimum absolute atomic E-state index is 0.00199. The van der Waals surface area contributed by atoms with Gasteiger partial charge in [-0.05, 0) is 54.2 Å². The molecule has 0 spiro atoms. The summed E-state index contributed by atoms with van der Waals surface area (Å²) in [6, 6.07) is 29.9. The molecule has 8 rings (SSSR count). The first kappa shape index (κ1) is 46.5. The molecule has 0 bridgehead atoms. The van der Waals surface area contributed by atoms with Gasteiger partial charge in [-0.3, -0.25) is 38.8 Å². The van der Waals surface area contributed by atoms with Crippen LogP contribution in [-0.4, -0.2) is 93.2 Å². The molecule has 342 valence electrons. The van der Waals surface area contributed by atoms with E-state index in [2.05, 4.69) is 43.2 Å². The van der Waals surface area contributed by atoms with Crippen molar-refractivity contribution in [3.8, 4) is 21.1 Å². The van der Waals surface area contributed by atoms with E-state index in [0.717, 1.165) is 64.1 Å². The molecule has 2 fully saturated rings. The van der Waals surface area contributed by atoms with Gasteiger partial charge in [0.1, 0.15) is 15.8 Å². The number of ether oxygens (including phenoxy) is 1. The number of amides is 2. The highest BCUT2D eigenvalue weighted by Gasteiger charge is 2.39. The first-order valence-corrected chi connectivity index (χ1v) is 24.2. The highest BCUT2D eigenvalue weighted by atomic mass is 32.1. The Kier molecular flexibility index (Phi) is 15.1. The van der Waals surface area contributed by atoms with Gasteiger partial charge in [-0.2, -0.15) is 0 Å². The quantitative estimate of drug-likeness (QED) is 0.0569. The van der Waals surface area contributed by atoms with Crippen molar-refractivity contribution >= 4 is 56.7 Å². The van der Waals surface area contributed by atoms with Gasteiger partial charge in [-0.25, -0.2) is 4.39 Å². The van der Waals surface area contributed by atoms with Crippen LogP contribution in [0, 0.1) is 24.6 Å². The van der Waals surface area contributed by atoms with Gasteiger partial charge < -0.3 is 4.74 Å². The summed E-state index contributed by atoms with van der Waals surface area (Å²) in [5.41, 5.74) is 5.93. The third kappa shape index (κ3) is 11.1. The van der Waals surface area contributed by atoms with Gasteiger partial charge in [0.25, 0.3) is 5.91 Å². The van der Waals surface area contributed by atoms with Crippen LogP contribution in [0.5, 0.6) is 0 Å². The van der Waals surface area contributed by atoms with E-state index < -0.39 is 23.7 Å². The Morgan fingerprint density at radius 2 is 1.23 bits per heavy atom. The summed E-state index contributed by atoms with van der Waals surface area (Å²) in [6.45, 7) is 10.5. The van der Waals surface area contributed by atoms with Gasteiger partial charge >= 0.3 is 11.9 Å². The van der Waals surface area contributed by atoms with Crippen molar-refractivity contribution in [2.24, 2.45) is 11.8 Å². The third-order valence-electron chi connectivity index (χ3n) is 11.9. The maximum Gasteiger partial charge on any atom is 0.319 e. The molecule has 0 radical (unpaired) electrons. The van der Waals surface area contributed by atoms with Crippen LogP contribution >= 0.6 is 22.7 Å². The molecule has 0 aliphatic carbocycles. The number of hydrogen-bond donors (Lipinski definition) is 0. The van der Waals surface area contributed by atoms with E-state index in [1.165, 1.54) is 39.7 Å². The predicted molar refractivity (Wildman–Crippen MR) is 254 cm³/mol. The van der Waals surface area contributed by atoms with E-state index >= 15 is 0 Å². The van der Waals surface area contributed by atoms with Crippen molar-refractivity contribution in [1.29, 1.82) is 0 Å². The second-order valence-electron chi connectivity index (χ2n) is 17.0. The highest BCUT2D eigenvalue weighted by Crippen LogP contribution is 2.34. The number of anilines is 2. The first-order valence-electron chi connectivity index (χ1n) is 22.5. The molecule has 0 atom stereocenters. The van der Waals surface area contributed by atoms with Crippen molar-refractivity contribution in [3.63, 3.8) is 0 Å². The molecule has 16 heteroatoms. The zero-order valence-corrected chi connectivity index (χ0v) is 39.0. The molecule has 2 aliphatic heterocycles. The Morgan fingerprint density at radius 3 is 1.86 bits per heavy atom. The number of nitrogens with zero attached hydrogens (tertiary/aromatic N) is 8. The number of hydrogen-bond acceptors (Lipinski definition) is 13. The second-order valence-corrected chi connectivity index (χ2v) is 18.9. The number of carbonyl (C=O) groups is 4. The lowest BCUT2D eigenvalue weighted by molar-refractivity contribution is -0.172. The Bertz CT molecular complexity index is 2650. The number of likely N-dealkylation sites (tertiary alicyclic amines) is 2. The predicted octanol–water partition coefficient (Wildman–Crippen LogP) is 8.63. The number of halogens is 1. The van der Waals surface area contributed by atoms with Gasteiger partial charge in [-0.15, -0.1) is 20.4 Å². The first-order chi connectivity index (χ1) is 32.1. The second kappa shape index (κ2) is 21.5. The fourth-order valence-corrected chi connectivity index (χ4v) is 9.91. The van der Waals surface area contributed by atoms with Gasteiger partial charge in [0.2, 0.25) is 16.2 Å². The van der Waals surface area contributed by atoms with E-state index in [9.17, 15) is 23.6 Å². The van der Waals surface area contributed by atoms with Crippen molar-refractivity contribution < 1.29 is 28.3 Å². The fourth-order valence-electron chi connectivity index (χ4n) is 8.06. The maximum absolute atomic E-state index is 14.5. The number of carbonyl (C=O) groups excluding carboxylic acids is 4. The minimum atomic E-state index is -0.571. The van der Waals surface area contributed by atoms with Crippen LogP contribution in [0.2, 0.25) is 0 Å². The topological polar surface area (TPSA) is 142 Å². The molecule has 66 heavy (non-hydrogen) atoms. The molecular weight excluding hydrogens is 876 g/mol. The number of esters is 2. The number of benzene rings is 4. The van der Waals surface area contributed by atoms with Gasteiger partial charge in [0, 0.05) is 63.5 Å². The smallest absolute Gasteiger partial charge is 0.319 e. The molecule has 2 aliphatic rings. The Hall–Kier alpha value is -6.07. The summed E-state index contributed by atoms with van der Waals surface area (Å²) in [5, 5.41) is 20.0. The summed E-state index contributed by atoms with van der Waals surface area (Å²) in [4.78, 5) is 60.1. The van der Waals surface area contributed by atoms with Crippen LogP contribution in [0.4, 0.5) is 14.7 Å². The molecule has 0 saturated carbocycles. The lowest BCUT2D eigenvalue weighted by Gasteiger charge is -2.39. The van der Waals surface area contributed by atoms with Crippen LogP contribution in [0.3, 0.4) is 0 Å². The van der Waals surface area contributed by atoms with Gasteiger partial charge in [0.05, 0.1) is 23.8 Å². The molecule has 0 N–H and O–H groups in total. The van der Waals surface area contributed by atoms with Crippen LogP contribution in [-0.2, 0) is 38.6 Å². The average molecular weight is 929 g/mol. The minimum Gasteiger partial charge on any atom is -0.393 e. The van der Waals surface area contributed by atoms with Crippen molar-refractivity contribution in [2.75, 3.05) is 49.1 Å². The van der Waals surface area contributed by atoms with Gasteiger partial charge in [-0.1, -0.05) is 134 Å². The summed E-state index contributed by atoms with van der Waals surface area (Å²) < 4.78 is 19.9. The molecule has 2 amide bonds. The number of rotatable bonds is 19. The zero-order valence-electron chi connectivity index (χ0n) is 37.4. The van der Waals surface area contributed by atoms with Gasteiger partial charge in [0.15, 0.2) is 0 Å². The molecule has 2 saturated heterocycles. The molecule has 4 heterocycles. The number of aromatic nitrogens is 4. The van der Waals surface area contributed by atoms with Crippen LogP contribution in [0.25, 0.3) is 21.1 Å². The van der Waals surface area contributed by atoms with Crippen LogP contribution in [0.1, 0.15) is 72.1 Å². The van der Waals surface area contributed by atoms with E-state index in [0.29, 0.717) is 74.0 Å². The Balaban J connectivity index is 0.767. The van der Waals surface area contributed by atoms with Crippen molar-refractivity contribution in [3.05, 3.63) is 131 Å². The van der Waals surface area contributed by atoms with E-state index in [1.807, 2.05) is 80.6 Å². The number of aryl methyl sites for hydroxylation is 1. The molecule has 6 aromatic rings. The largest absolute Gasteiger partial charge is 0.393 e. The SMILES string of the molecule is CCCCN(C(=O)Cc1ccccc1)c1nnc(-c2ccc(CN3CC(C(=O)OC(=O)C4CN(Cc5ccc(-c6nnc(N(CCCC)C(=O)c7ccccc7F)s6)c(C)c5)C4)C3)cc2)s1. The fraction of sp³-hybridized carbons (Fsp3) is 0.360. The zero-order chi connectivity index (χ0) is 46.2. The Morgan fingerprint density at radius 1 is 0.667 bits per heavy atom. The van der Waals surface area contributed by atoms with Crippen LogP contribution < -0.4 is 9.80 Å². The molecule has 2 aromatic heterocycles.